The van der Waals surface area contributed by atoms with Crippen LogP contribution in [0.4, 0.5) is 10.1 Å². The van der Waals surface area contributed by atoms with Gasteiger partial charge in [0.1, 0.15) is 12.4 Å². The molecular weight excluding hydrogens is 569 g/mol. The van der Waals surface area contributed by atoms with E-state index in [0.29, 0.717) is 59.2 Å². The maximum absolute atomic E-state index is 15.1. The van der Waals surface area contributed by atoms with Crippen LogP contribution in [0, 0.1) is 12.7 Å². The van der Waals surface area contributed by atoms with Gasteiger partial charge in [-0.25, -0.2) is 4.39 Å². The van der Waals surface area contributed by atoms with Crippen LogP contribution < -0.4 is 14.8 Å². The molecule has 228 valence electrons. The molecule has 1 N–H and O–H groups in total. The molecule has 45 heavy (non-hydrogen) atoms. The topological polar surface area (TPSA) is 72.8 Å². The number of hydrogen-bond donors (Lipinski definition) is 1. The zero-order valence-corrected chi connectivity index (χ0v) is 25.5. The summed E-state index contributed by atoms with van der Waals surface area (Å²) < 4.78 is 28.1. The first-order chi connectivity index (χ1) is 21.8. The third-order valence-electron chi connectivity index (χ3n) is 8.36. The van der Waals surface area contributed by atoms with E-state index >= 15 is 4.39 Å². The van der Waals surface area contributed by atoms with E-state index in [2.05, 4.69) is 11.4 Å². The molecule has 7 nitrogen and oxygen atoms in total. The Hall–Kier alpha value is -5.37. The van der Waals surface area contributed by atoms with Crippen molar-refractivity contribution in [3.8, 4) is 22.8 Å². The number of methoxy groups -OCH3 is 1. The quantitative estimate of drug-likeness (QED) is 0.204. The van der Waals surface area contributed by atoms with Crippen molar-refractivity contribution in [3.05, 3.63) is 136 Å². The molecule has 0 atom stereocenters. The van der Waals surface area contributed by atoms with Crippen LogP contribution in [0.15, 0.2) is 97.1 Å². The highest BCUT2D eigenvalue weighted by molar-refractivity contribution is 6.07. The average molecular weight is 604 g/mol. The second-order valence-corrected chi connectivity index (χ2v) is 11.1. The minimum absolute atomic E-state index is 0.0143. The minimum atomic E-state index is -0.590. The number of fused-ring (bicyclic) bond motifs is 1. The number of anilines is 1. The van der Waals surface area contributed by atoms with Crippen molar-refractivity contribution in [3.63, 3.8) is 0 Å². The molecule has 2 amide bonds. The van der Waals surface area contributed by atoms with E-state index < -0.39 is 5.82 Å². The average Bonchev–Trinajstić information content (AvgIpc) is 3.37. The minimum Gasteiger partial charge on any atom is -0.494 e. The smallest absolute Gasteiger partial charge is 0.257 e. The van der Waals surface area contributed by atoms with E-state index in [0.717, 1.165) is 17.5 Å². The summed E-state index contributed by atoms with van der Waals surface area (Å²) in [4.78, 5) is 29.2. The Morgan fingerprint density at radius 1 is 0.889 bits per heavy atom. The third-order valence-corrected chi connectivity index (χ3v) is 8.36. The largest absolute Gasteiger partial charge is 0.494 e. The summed E-state index contributed by atoms with van der Waals surface area (Å²) in [5.74, 6) is -0.461. The Balaban J connectivity index is 1.24. The summed E-state index contributed by atoms with van der Waals surface area (Å²) in [6.07, 6.45) is 0.739. The highest BCUT2D eigenvalue weighted by atomic mass is 19.1. The molecule has 6 rings (SSSR count). The van der Waals surface area contributed by atoms with Crippen molar-refractivity contribution in [2.24, 2.45) is 7.05 Å². The second kappa shape index (κ2) is 12.7. The van der Waals surface area contributed by atoms with Gasteiger partial charge in [-0.3, -0.25) is 9.59 Å². The predicted octanol–water partition coefficient (Wildman–Crippen LogP) is 7.18. The van der Waals surface area contributed by atoms with Crippen LogP contribution in [0.3, 0.4) is 0 Å². The van der Waals surface area contributed by atoms with Crippen LogP contribution in [-0.2, 0) is 26.6 Å². The van der Waals surface area contributed by atoms with Crippen molar-refractivity contribution >= 4 is 17.5 Å². The van der Waals surface area contributed by atoms with Crippen LogP contribution in [0.25, 0.3) is 11.3 Å². The molecule has 2 heterocycles. The van der Waals surface area contributed by atoms with Crippen LogP contribution in [0.2, 0.25) is 0 Å². The first kappa shape index (κ1) is 29.7. The number of aromatic nitrogens is 1. The van der Waals surface area contributed by atoms with Crippen LogP contribution in [0.5, 0.6) is 11.5 Å². The molecule has 4 aromatic carbocycles. The van der Waals surface area contributed by atoms with Crippen molar-refractivity contribution in [2.75, 3.05) is 19.0 Å². The number of carbonyl (C=O) groups excluding carboxylic acids is 2. The fourth-order valence-electron chi connectivity index (χ4n) is 5.70. The van der Waals surface area contributed by atoms with Crippen molar-refractivity contribution in [1.29, 1.82) is 0 Å². The predicted molar refractivity (Wildman–Crippen MR) is 172 cm³/mol. The maximum atomic E-state index is 15.1. The molecule has 0 spiro atoms. The van der Waals surface area contributed by atoms with Gasteiger partial charge in [-0.15, -0.1) is 0 Å². The summed E-state index contributed by atoms with van der Waals surface area (Å²) in [5, 5.41) is 2.94. The number of carbonyl (C=O) groups is 2. The van der Waals surface area contributed by atoms with Gasteiger partial charge in [-0.05, 0) is 72.5 Å². The van der Waals surface area contributed by atoms with E-state index in [1.54, 1.807) is 46.8 Å². The Labute approximate surface area is 261 Å². The highest BCUT2D eigenvalue weighted by Gasteiger charge is 2.28. The van der Waals surface area contributed by atoms with Crippen molar-refractivity contribution < 1.29 is 23.5 Å². The molecule has 1 aliphatic rings. The number of halogens is 1. The molecular formula is C37H34FN3O4. The molecule has 1 aromatic heterocycles. The first-order valence-corrected chi connectivity index (χ1v) is 14.8. The molecule has 0 aliphatic carbocycles. The summed E-state index contributed by atoms with van der Waals surface area (Å²) in [6, 6.07) is 29.6. The number of nitrogens with one attached hydrogen (secondary N) is 1. The van der Waals surface area contributed by atoms with E-state index in [1.807, 2.05) is 55.5 Å². The van der Waals surface area contributed by atoms with Gasteiger partial charge < -0.3 is 24.3 Å². The van der Waals surface area contributed by atoms with Gasteiger partial charge in [-0.2, -0.15) is 0 Å². The fraction of sp³-hybridized carbons (Fsp3) is 0.189. The molecule has 5 aromatic rings. The maximum Gasteiger partial charge on any atom is 0.257 e. The molecule has 0 fully saturated rings. The Morgan fingerprint density at radius 2 is 1.60 bits per heavy atom. The molecule has 0 saturated carbocycles. The van der Waals surface area contributed by atoms with E-state index in [4.69, 9.17) is 9.47 Å². The van der Waals surface area contributed by atoms with E-state index in [9.17, 15) is 9.59 Å². The number of hydrogen-bond acceptors (Lipinski definition) is 4. The number of amides is 2. The van der Waals surface area contributed by atoms with Crippen molar-refractivity contribution in [1.82, 2.24) is 9.47 Å². The van der Waals surface area contributed by atoms with Gasteiger partial charge in [0.25, 0.3) is 11.8 Å². The zero-order valence-electron chi connectivity index (χ0n) is 25.5. The lowest BCUT2D eigenvalue weighted by atomic mass is 9.97. The highest BCUT2D eigenvalue weighted by Crippen LogP contribution is 2.34. The summed E-state index contributed by atoms with van der Waals surface area (Å²) >= 11 is 0. The van der Waals surface area contributed by atoms with Gasteiger partial charge in [0.15, 0.2) is 11.6 Å². The summed E-state index contributed by atoms with van der Waals surface area (Å²) in [6.45, 7) is 3.27. The standard InChI is InChI=1S/C37H34FN3O4/c1-24-30(36(42)39-28-13-15-29(16-14-28)45-23-25-9-5-4-6-10-25)20-34(40(24)2)31-19-33(38)35(44-3)21-32(31)37(43)41-18-17-26-11-7-8-12-27(26)22-41/h4-16,19-21H,17-18,22-23H2,1-3H3,(H,39,42). The van der Waals surface area contributed by atoms with E-state index in [-0.39, 0.29) is 17.6 Å². The first-order valence-electron chi connectivity index (χ1n) is 14.8. The molecule has 0 bridgehead atoms. The van der Waals surface area contributed by atoms with E-state index in [1.165, 1.54) is 24.8 Å². The monoisotopic (exact) mass is 603 g/mol. The van der Waals surface area contributed by atoms with Crippen LogP contribution in [-0.4, -0.2) is 34.9 Å². The van der Waals surface area contributed by atoms with Gasteiger partial charge in [0, 0.05) is 42.8 Å². The van der Waals surface area contributed by atoms with Crippen LogP contribution >= 0.6 is 0 Å². The normalized spacial score (nSPS) is 12.4. The van der Waals surface area contributed by atoms with Crippen molar-refractivity contribution in [2.45, 2.75) is 26.5 Å². The van der Waals surface area contributed by atoms with Crippen LogP contribution in [0.1, 0.15) is 43.1 Å². The fourth-order valence-corrected chi connectivity index (χ4v) is 5.70. The Morgan fingerprint density at radius 3 is 2.33 bits per heavy atom. The van der Waals surface area contributed by atoms with Gasteiger partial charge in [0.2, 0.25) is 0 Å². The summed E-state index contributed by atoms with van der Waals surface area (Å²) in [7, 11) is 3.17. The number of nitrogens with zero attached hydrogens (tertiary/aromatic N) is 2. The third kappa shape index (κ3) is 6.17. The SMILES string of the molecule is COc1cc(C(=O)N2CCc3ccccc3C2)c(-c2cc(C(=O)Nc3ccc(OCc4ccccc4)cc3)c(C)n2C)cc1F. The molecule has 0 radical (unpaired) electrons. The van der Waals surface area contributed by atoms with Gasteiger partial charge >= 0.3 is 0 Å². The lowest BCUT2D eigenvalue weighted by molar-refractivity contribution is 0.0735. The molecule has 0 unspecified atom stereocenters. The Bertz CT molecular complexity index is 1870. The summed E-state index contributed by atoms with van der Waals surface area (Å²) in [5.41, 5.74) is 6.32. The van der Waals surface area contributed by atoms with Gasteiger partial charge in [0.05, 0.1) is 18.2 Å². The Kier molecular flexibility index (Phi) is 8.38. The molecule has 8 heteroatoms. The lowest BCUT2D eigenvalue weighted by Gasteiger charge is -2.29. The molecule has 1 aliphatic heterocycles. The molecule has 0 saturated heterocycles. The second-order valence-electron chi connectivity index (χ2n) is 11.1. The number of benzene rings is 4. The number of rotatable bonds is 8. The number of ether oxygens (including phenoxy) is 2. The van der Waals surface area contributed by atoms with Gasteiger partial charge in [-0.1, -0.05) is 54.6 Å². The lowest BCUT2D eigenvalue weighted by Crippen LogP contribution is -2.36. The zero-order chi connectivity index (χ0) is 31.5.